The molecule has 0 radical (unpaired) electrons. The van der Waals surface area contributed by atoms with Gasteiger partial charge in [-0.25, -0.2) is 9.97 Å². The molecule has 0 unspecified atom stereocenters. The summed E-state index contributed by atoms with van der Waals surface area (Å²) in [5.41, 5.74) is 5.23. The predicted molar refractivity (Wildman–Crippen MR) is 56.6 cm³/mol. The number of hydrogen-bond donors (Lipinski definition) is 2. The van der Waals surface area contributed by atoms with Crippen molar-refractivity contribution in [2.24, 2.45) is 0 Å². The van der Waals surface area contributed by atoms with E-state index in [1.807, 2.05) is 0 Å². The molecule has 0 spiro atoms. The van der Waals surface area contributed by atoms with Gasteiger partial charge in [0.15, 0.2) is 0 Å². The molecule has 1 aromatic heterocycles. The number of carbonyl (C=O) groups excluding carboxylic acids is 1. The lowest BCUT2D eigenvalue weighted by Crippen LogP contribution is -2.16. The van der Waals surface area contributed by atoms with Crippen molar-refractivity contribution in [3.05, 3.63) is 11.9 Å². The van der Waals surface area contributed by atoms with Gasteiger partial charge in [-0.3, -0.25) is 4.79 Å². The first-order valence-electron chi connectivity index (χ1n) is 4.85. The van der Waals surface area contributed by atoms with Gasteiger partial charge in [0.05, 0.1) is 13.5 Å². The van der Waals surface area contributed by atoms with E-state index < -0.39 is 18.0 Å². The lowest BCUT2D eigenvalue weighted by Gasteiger charge is -2.09. The van der Waals surface area contributed by atoms with E-state index in [1.165, 1.54) is 7.11 Å². The second kappa shape index (κ2) is 5.52. The minimum Gasteiger partial charge on any atom is -0.469 e. The molecular weight excluding hydrogens is 253 g/mol. The molecular formula is C9H11F3N4O2. The first-order chi connectivity index (χ1) is 8.32. The quantitative estimate of drug-likeness (QED) is 0.790. The second-order valence-corrected chi connectivity index (χ2v) is 3.25. The van der Waals surface area contributed by atoms with Crippen molar-refractivity contribution in [2.75, 3.05) is 24.7 Å². The number of carbonyl (C=O) groups is 1. The van der Waals surface area contributed by atoms with Crippen molar-refractivity contribution in [3.63, 3.8) is 0 Å². The van der Waals surface area contributed by atoms with Crippen molar-refractivity contribution in [3.8, 4) is 0 Å². The van der Waals surface area contributed by atoms with Crippen LogP contribution in [0, 0.1) is 0 Å². The summed E-state index contributed by atoms with van der Waals surface area (Å²) in [7, 11) is 1.22. The Kier molecular flexibility index (Phi) is 4.29. The summed E-state index contributed by atoms with van der Waals surface area (Å²) >= 11 is 0. The Bertz CT molecular complexity index is 436. The summed E-state index contributed by atoms with van der Waals surface area (Å²) in [6.45, 7) is 0.0838. The number of nitrogens with two attached hydrogens (primary N) is 1. The Balaban J connectivity index is 2.72. The van der Waals surface area contributed by atoms with E-state index in [9.17, 15) is 18.0 Å². The van der Waals surface area contributed by atoms with Gasteiger partial charge in [-0.2, -0.15) is 13.2 Å². The Morgan fingerprint density at radius 3 is 2.72 bits per heavy atom. The molecule has 0 bridgehead atoms. The molecule has 0 aliphatic heterocycles. The summed E-state index contributed by atoms with van der Waals surface area (Å²) in [5.74, 6) is -2.22. The minimum absolute atomic E-state index is 0.00174. The minimum atomic E-state index is -4.67. The second-order valence-electron chi connectivity index (χ2n) is 3.25. The van der Waals surface area contributed by atoms with Crippen LogP contribution in [0.5, 0.6) is 0 Å². The van der Waals surface area contributed by atoms with E-state index in [4.69, 9.17) is 5.73 Å². The fourth-order valence-electron chi connectivity index (χ4n) is 1.08. The summed E-state index contributed by atoms with van der Waals surface area (Å²) < 4.78 is 41.5. The molecule has 0 fully saturated rings. The van der Waals surface area contributed by atoms with Crippen LogP contribution in [-0.4, -0.2) is 29.6 Å². The molecule has 9 heteroatoms. The van der Waals surface area contributed by atoms with Crippen LogP contribution in [0.4, 0.5) is 24.8 Å². The van der Waals surface area contributed by atoms with E-state index >= 15 is 0 Å². The molecule has 1 heterocycles. The maximum absolute atomic E-state index is 12.4. The van der Waals surface area contributed by atoms with Gasteiger partial charge >= 0.3 is 12.1 Å². The summed E-state index contributed by atoms with van der Waals surface area (Å²) in [5, 5.41) is 2.53. The van der Waals surface area contributed by atoms with Crippen LogP contribution in [-0.2, 0) is 15.7 Å². The van der Waals surface area contributed by atoms with Crippen molar-refractivity contribution >= 4 is 17.6 Å². The van der Waals surface area contributed by atoms with Gasteiger partial charge in [0.2, 0.25) is 5.82 Å². The number of esters is 1. The van der Waals surface area contributed by atoms with Crippen LogP contribution in [0.3, 0.4) is 0 Å². The van der Waals surface area contributed by atoms with Crippen molar-refractivity contribution in [2.45, 2.75) is 12.6 Å². The molecule has 6 nitrogen and oxygen atoms in total. The lowest BCUT2D eigenvalue weighted by atomic mass is 10.4. The number of halogens is 3. The molecule has 0 saturated carbocycles. The largest absolute Gasteiger partial charge is 0.469 e. The van der Waals surface area contributed by atoms with Crippen LogP contribution >= 0.6 is 0 Å². The Morgan fingerprint density at radius 2 is 2.17 bits per heavy atom. The monoisotopic (exact) mass is 264 g/mol. The summed E-state index contributed by atoms with van der Waals surface area (Å²) in [6, 6.07) is 1.15. The van der Waals surface area contributed by atoms with Crippen LogP contribution in [0.1, 0.15) is 12.2 Å². The fourth-order valence-corrected chi connectivity index (χ4v) is 1.08. The number of hydrogen-bond acceptors (Lipinski definition) is 6. The number of ether oxygens (including phenoxy) is 1. The molecule has 0 aliphatic rings. The molecule has 0 atom stereocenters. The standard InChI is InChI=1S/C9H11F3N4O2/c1-18-7(17)2-3-14-6-4-5(13)15-8(16-6)9(10,11)12/h4H,2-3H2,1H3,(H3,13,14,15,16). The number of rotatable bonds is 4. The SMILES string of the molecule is COC(=O)CCNc1cc(N)nc(C(F)(F)F)n1. The average molecular weight is 264 g/mol. The number of nitrogens with one attached hydrogen (secondary N) is 1. The fraction of sp³-hybridized carbons (Fsp3) is 0.444. The zero-order valence-electron chi connectivity index (χ0n) is 9.41. The number of alkyl halides is 3. The third-order valence-electron chi connectivity index (χ3n) is 1.86. The zero-order valence-corrected chi connectivity index (χ0v) is 9.41. The van der Waals surface area contributed by atoms with Gasteiger partial charge in [-0.05, 0) is 0 Å². The van der Waals surface area contributed by atoms with Crippen molar-refractivity contribution in [1.82, 2.24) is 9.97 Å². The van der Waals surface area contributed by atoms with E-state index in [0.29, 0.717) is 0 Å². The summed E-state index contributed by atoms with van der Waals surface area (Å²) in [6.07, 6.45) is -4.67. The normalized spacial score (nSPS) is 11.1. The van der Waals surface area contributed by atoms with Crippen molar-refractivity contribution in [1.29, 1.82) is 0 Å². The lowest BCUT2D eigenvalue weighted by molar-refractivity contribution is -0.145. The Labute approximate surface area is 100 Å². The molecule has 0 aromatic carbocycles. The first-order valence-corrected chi connectivity index (χ1v) is 4.85. The number of anilines is 2. The molecule has 0 aliphatic carbocycles. The molecule has 1 aromatic rings. The third-order valence-corrected chi connectivity index (χ3v) is 1.86. The van der Waals surface area contributed by atoms with Gasteiger partial charge in [0, 0.05) is 12.6 Å². The van der Waals surface area contributed by atoms with Gasteiger partial charge in [-0.1, -0.05) is 0 Å². The Morgan fingerprint density at radius 1 is 1.50 bits per heavy atom. The smallest absolute Gasteiger partial charge is 0.451 e. The maximum Gasteiger partial charge on any atom is 0.451 e. The highest BCUT2D eigenvalue weighted by Crippen LogP contribution is 2.27. The third kappa shape index (κ3) is 4.07. The highest BCUT2D eigenvalue weighted by atomic mass is 19.4. The number of aromatic nitrogens is 2. The molecule has 0 saturated heterocycles. The number of nitrogen functional groups attached to an aromatic ring is 1. The maximum atomic E-state index is 12.4. The van der Waals surface area contributed by atoms with Crippen LogP contribution < -0.4 is 11.1 Å². The van der Waals surface area contributed by atoms with Gasteiger partial charge in [-0.15, -0.1) is 0 Å². The van der Waals surface area contributed by atoms with Crippen LogP contribution in [0.15, 0.2) is 6.07 Å². The number of nitrogens with zero attached hydrogens (tertiary/aromatic N) is 2. The van der Waals surface area contributed by atoms with Crippen LogP contribution in [0.25, 0.3) is 0 Å². The first kappa shape index (κ1) is 14.0. The highest BCUT2D eigenvalue weighted by Gasteiger charge is 2.35. The molecule has 100 valence electrons. The van der Waals surface area contributed by atoms with Crippen molar-refractivity contribution < 1.29 is 22.7 Å². The molecule has 18 heavy (non-hydrogen) atoms. The van der Waals surface area contributed by atoms with Gasteiger partial charge < -0.3 is 15.8 Å². The number of methoxy groups -OCH3 is 1. The topological polar surface area (TPSA) is 90.1 Å². The van der Waals surface area contributed by atoms with E-state index in [1.54, 1.807) is 0 Å². The predicted octanol–water partition coefficient (Wildman–Crippen LogP) is 1.05. The highest BCUT2D eigenvalue weighted by molar-refractivity contribution is 5.69. The zero-order chi connectivity index (χ0) is 13.8. The van der Waals surface area contributed by atoms with Crippen LogP contribution in [0.2, 0.25) is 0 Å². The van der Waals surface area contributed by atoms with E-state index in [-0.39, 0.29) is 24.6 Å². The van der Waals surface area contributed by atoms with E-state index in [2.05, 4.69) is 20.0 Å². The van der Waals surface area contributed by atoms with Gasteiger partial charge in [0.1, 0.15) is 11.6 Å². The molecule has 1 rings (SSSR count). The average Bonchev–Trinajstić information content (AvgIpc) is 2.27. The molecule has 0 amide bonds. The van der Waals surface area contributed by atoms with Gasteiger partial charge in [0.25, 0.3) is 0 Å². The Hall–Kier alpha value is -2.06. The van der Waals surface area contributed by atoms with E-state index in [0.717, 1.165) is 6.07 Å². The molecule has 3 N–H and O–H groups in total. The summed E-state index contributed by atoms with van der Waals surface area (Å²) in [4.78, 5) is 17.1.